The van der Waals surface area contributed by atoms with Crippen LogP contribution in [0.2, 0.25) is 0 Å². The zero-order valence-electron chi connectivity index (χ0n) is 6.97. The summed E-state index contributed by atoms with van der Waals surface area (Å²) >= 11 is 0. The number of allylic oxidation sites excluding steroid dienone is 2. The van der Waals surface area contributed by atoms with Gasteiger partial charge in [-0.2, -0.15) is 0 Å². The molecule has 1 heteroatoms. The van der Waals surface area contributed by atoms with Gasteiger partial charge in [-0.05, 0) is 32.2 Å². The summed E-state index contributed by atoms with van der Waals surface area (Å²) in [6.07, 6.45) is 10.6. The van der Waals surface area contributed by atoms with Gasteiger partial charge in [0.15, 0.2) is 0 Å². The summed E-state index contributed by atoms with van der Waals surface area (Å²) in [5.74, 6) is 0. The predicted octanol–water partition coefficient (Wildman–Crippen LogP) is 2.47. The van der Waals surface area contributed by atoms with Gasteiger partial charge in [-0.15, -0.1) is 0 Å². The first kappa shape index (κ1) is 9.70. The zero-order chi connectivity index (χ0) is 7.66. The summed E-state index contributed by atoms with van der Waals surface area (Å²) in [4.78, 5) is 0. The second-order valence-electron chi connectivity index (χ2n) is 2.54. The molecule has 0 bridgehead atoms. The lowest BCUT2D eigenvalue weighted by Crippen LogP contribution is -1.96. The average molecular weight is 141 g/mol. The van der Waals surface area contributed by atoms with Crippen LogP contribution in [0.3, 0.4) is 0 Å². The Morgan fingerprint density at radius 3 is 2.40 bits per heavy atom. The Hall–Kier alpha value is -0.300. The van der Waals surface area contributed by atoms with E-state index in [1.54, 1.807) is 0 Å². The van der Waals surface area contributed by atoms with Crippen molar-refractivity contribution in [2.45, 2.75) is 39.0 Å². The van der Waals surface area contributed by atoms with E-state index >= 15 is 0 Å². The molecular formula is C9H19N. The van der Waals surface area contributed by atoms with Crippen molar-refractivity contribution in [3.63, 3.8) is 0 Å². The van der Waals surface area contributed by atoms with Crippen molar-refractivity contribution in [3.05, 3.63) is 12.2 Å². The molecule has 0 amide bonds. The normalized spacial score (nSPS) is 11.0. The van der Waals surface area contributed by atoms with E-state index in [9.17, 15) is 0 Å². The molecule has 0 radical (unpaired) electrons. The molecule has 0 unspecified atom stereocenters. The molecule has 0 fully saturated rings. The Balaban J connectivity index is 2.88. The van der Waals surface area contributed by atoms with Crippen LogP contribution in [-0.4, -0.2) is 6.54 Å². The minimum absolute atomic E-state index is 0.835. The van der Waals surface area contributed by atoms with Crippen molar-refractivity contribution in [1.82, 2.24) is 0 Å². The Morgan fingerprint density at radius 2 is 1.80 bits per heavy atom. The molecule has 0 saturated carbocycles. The maximum atomic E-state index is 5.35. The molecule has 0 aromatic heterocycles. The molecule has 0 aromatic rings. The number of unbranched alkanes of at least 4 members (excludes halogenated alkanes) is 3. The average Bonchev–Trinajstić information content (AvgIpc) is 1.97. The van der Waals surface area contributed by atoms with E-state index in [4.69, 9.17) is 5.73 Å². The monoisotopic (exact) mass is 141 g/mol. The second-order valence-corrected chi connectivity index (χ2v) is 2.54. The molecular weight excluding hydrogens is 122 g/mol. The molecule has 60 valence electrons. The minimum atomic E-state index is 0.835. The third kappa shape index (κ3) is 7.70. The van der Waals surface area contributed by atoms with Crippen LogP contribution in [0.5, 0.6) is 0 Å². The zero-order valence-corrected chi connectivity index (χ0v) is 6.97. The van der Waals surface area contributed by atoms with E-state index < -0.39 is 0 Å². The number of hydrogen-bond acceptors (Lipinski definition) is 1. The van der Waals surface area contributed by atoms with E-state index in [2.05, 4.69) is 19.1 Å². The molecule has 0 aliphatic carbocycles. The van der Waals surface area contributed by atoms with Gasteiger partial charge in [0.1, 0.15) is 0 Å². The predicted molar refractivity (Wildman–Crippen MR) is 47.0 cm³/mol. The van der Waals surface area contributed by atoms with Crippen LogP contribution in [0.4, 0.5) is 0 Å². The lowest BCUT2D eigenvalue weighted by Gasteiger charge is -1.90. The fourth-order valence-electron chi connectivity index (χ4n) is 0.809. The third-order valence-corrected chi connectivity index (χ3v) is 1.45. The van der Waals surface area contributed by atoms with Gasteiger partial charge in [-0.3, -0.25) is 0 Å². The molecule has 0 aromatic carbocycles. The highest BCUT2D eigenvalue weighted by Crippen LogP contribution is 1.96. The van der Waals surface area contributed by atoms with E-state index in [1.807, 2.05) is 0 Å². The molecule has 0 rings (SSSR count). The van der Waals surface area contributed by atoms with Crippen LogP contribution in [0.25, 0.3) is 0 Å². The maximum Gasteiger partial charge on any atom is -0.00772 e. The summed E-state index contributed by atoms with van der Waals surface area (Å²) in [6, 6.07) is 0. The smallest absolute Gasteiger partial charge is 0.00772 e. The first-order valence-corrected chi connectivity index (χ1v) is 4.27. The molecule has 0 aliphatic rings. The molecule has 10 heavy (non-hydrogen) atoms. The topological polar surface area (TPSA) is 26.0 Å². The first-order chi connectivity index (χ1) is 4.91. The van der Waals surface area contributed by atoms with E-state index in [0.717, 1.165) is 13.0 Å². The van der Waals surface area contributed by atoms with Crippen LogP contribution in [0.1, 0.15) is 39.0 Å². The molecule has 0 saturated heterocycles. The summed E-state index contributed by atoms with van der Waals surface area (Å²) in [7, 11) is 0. The van der Waals surface area contributed by atoms with Gasteiger partial charge in [0.25, 0.3) is 0 Å². The summed E-state index contributed by atoms with van der Waals surface area (Å²) in [6.45, 7) is 3.03. The highest BCUT2D eigenvalue weighted by atomic mass is 14.5. The minimum Gasteiger partial charge on any atom is -0.330 e. The fourth-order valence-corrected chi connectivity index (χ4v) is 0.809. The largest absolute Gasteiger partial charge is 0.330 e. The van der Waals surface area contributed by atoms with Crippen LogP contribution in [0, 0.1) is 0 Å². The highest BCUT2D eigenvalue weighted by Gasteiger charge is 1.80. The van der Waals surface area contributed by atoms with Gasteiger partial charge in [-0.25, -0.2) is 0 Å². The third-order valence-electron chi connectivity index (χ3n) is 1.45. The van der Waals surface area contributed by atoms with Crippen molar-refractivity contribution in [2.75, 3.05) is 6.54 Å². The van der Waals surface area contributed by atoms with E-state index in [1.165, 1.54) is 25.7 Å². The van der Waals surface area contributed by atoms with Crippen LogP contribution >= 0.6 is 0 Å². The second kappa shape index (κ2) is 8.70. The lowest BCUT2D eigenvalue weighted by atomic mass is 10.2. The van der Waals surface area contributed by atoms with Gasteiger partial charge in [0, 0.05) is 0 Å². The van der Waals surface area contributed by atoms with Gasteiger partial charge < -0.3 is 5.73 Å². The van der Waals surface area contributed by atoms with Crippen molar-refractivity contribution in [3.8, 4) is 0 Å². The van der Waals surface area contributed by atoms with Crippen molar-refractivity contribution in [2.24, 2.45) is 5.73 Å². The van der Waals surface area contributed by atoms with Crippen molar-refractivity contribution < 1.29 is 0 Å². The van der Waals surface area contributed by atoms with Crippen molar-refractivity contribution >= 4 is 0 Å². The quantitative estimate of drug-likeness (QED) is 0.446. The summed E-state index contributed by atoms with van der Waals surface area (Å²) < 4.78 is 0. The fraction of sp³-hybridized carbons (Fsp3) is 0.778. The molecule has 0 aliphatic heterocycles. The number of rotatable bonds is 6. The summed E-state index contributed by atoms with van der Waals surface area (Å²) in [5, 5.41) is 0. The SMILES string of the molecule is CCCC=CCCCCN. The first-order valence-electron chi connectivity index (χ1n) is 4.27. The highest BCUT2D eigenvalue weighted by molar-refractivity contribution is 4.80. The van der Waals surface area contributed by atoms with Gasteiger partial charge in [0.2, 0.25) is 0 Å². The number of nitrogens with two attached hydrogens (primary N) is 1. The Morgan fingerprint density at radius 1 is 1.10 bits per heavy atom. The van der Waals surface area contributed by atoms with Crippen LogP contribution in [-0.2, 0) is 0 Å². The van der Waals surface area contributed by atoms with Gasteiger partial charge in [-0.1, -0.05) is 25.5 Å². The van der Waals surface area contributed by atoms with Gasteiger partial charge >= 0.3 is 0 Å². The van der Waals surface area contributed by atoms with Crippen LogP contribution in [0.15, 0.2) is 12.2 Å². The Kier molecular flexibility index (Phi) is 8.44. The van der Waals surface area contributed by atoms with E-state index in [0.29, 0.717) is 0 Å². The van der Waals surface area contributed by atoms with Crippen molar-refractivity contribution in [1.29, 1.82) is 0 Å². The summed E-state index contributed by atoms with van der Waals surface area (Å²) in [5.41, 5.74) is 5.35. The Labute approximate surface area is 64.3 Å². The Bertz CT molecular complexity index is 76.8. The van der Waals surface area contributed by atoms with E-state index in [-0.39, 0.29) is 0 Å². The van der Waals surface area contributed by atoms with Gasteiger partial charge in [0.05, 0.1) is 0 Å². The molecule has 0 heterocycles. The molecule has 1 nitrogen and oxygen atoms in total. The molecule has 0 atom stereocenters. The standard InChI is InChI=1S/C9H19N/c1-2-3-4-5-6-7-8-9-10/h4-5H,2-3,6-10H2,1H3. The molecule has 2 N–H and O–H groups in total. The molecule has 0 spiro atoms. The maximum absolute atomic E-state index is 5.35. The number of hydrogen-bond donors (Lipinski definition) is 1. The van der Waals surface area contributed by atoms with Crippen LogP contribution < -0.4 is 5.73 Å². The lowest BCUT2D eigenvalue weighted by molar-refractivity contribution is 0.756.